The quantitative estimate of drug-likeness (QED) is 0.712. The van der Waals surface area contributed by atoms with Crippen molar-refractivity contribution in [2.45, 2.75) is 51.2 Å². The summed E-state index contributed by atoms with van der Waals surface area (Å²) in [6, 6.07) is 3.31. The van der Waals surface area contributed by atoms with Gasteiger partial charge >= 0.3 is 0 Å². The molecule has 1 aromatic heterocycles. The van der Waals surface area contributed by atoms with E-state index in [-0.39, 0.29) is 5.09 Å². The number of nitrogens with zero attached hydrogens (tertiary/aromatic N) is 1. The number of sulfonamides is 1. The molecule has 0 amide bonds. The average molecular weight is 314 g/mol. The summed E-state index contributed by atoms with van der Waals surface area (Å²) in [4.78, 5) is 0. The summed E-state index contributed by atoms with van der Waals surface area (Å²) in [7, 11) is -3.49. The molecule has 0 aliphatic heterocycles. The zero-order chi connectivity index (χ0) is 15.3. The highest BCUT2D eigenvalue weighted by molar-refractivity contribution is 7.89. The van der Waals surface area contributed by atoms with Gasteiger partial charge in [-0.25, -0.2) is 8.42 Å². The summed E-state index contributed by atoms with van der Waals surface area (Å²) in [6.45, 7) is 6.53. The molecule has 0 saturated heterocycles. The lowest BCUT2D eigenvalue weighted by atomic mass is 9.85. The SMILES string of the molecule is CCCNCc1ccc(S(=O)(=O)N(CC)CC2CCC2)o1. The van der Waals surface area contributed by atoms with Gasteiger partial charge in [-0.2, -0.15) is 4.31 Å². The van der Waals surface area contributed by atoms with E-state index in [0.717, 1.165) is 25.8 Å². The predicted molar refractivity (Wildman–Crippen MR) is 82.5 cm³/mol. The van der Waals surface area contributed by atoms with E-state index >= 15 is 0 Å². The third-order valence-electron chi connectivity index (χ3n) is 4.00. The molecule has 1 aliphatic carbocycles. The van der Waals surface area contributed by atoms with E-state index in [1.165, 1.54) is 6.42 Å². The Balaban J connectivity index is 2.02. The Morgan fingerprint density at radius 3 is 2.67 bits per heavy atom. The van der Waals surface area contributed by atoms with E-state index in [9.17, 15) is 8.42 Å². The van der Waals surface area contributed by atoms with Crippen LogP contribution in [0.2, 0.25) is 0 Å². The van der Waals surface area contributed by atoms with Gasteiger partial charge in [0.2, 0.25) is 5.09 Å². The van der Waals surface area contributed by atoms with Crippen LogP contribution in [0.25, 0.3) is 0 Å². The maximum absolute atomic E-state index is 12.6. The molecule has 21 heavy (non-hydrogen) atoms. The molecule has 0 unspecified atom stereocenters. The van der Waals surface area contributed by atoms with E-state index in [4.69, 9.17) is 4.42 Å². The van der Waals surface area contributed by atoms with Crippen molar-refractivity contribution in [3.05, 3.63) is 17.9 Å². The van der Waals surface area contributed by atoms with E-state index < -0.39 is 10.0 Å². The number of hydrogen-bond acceptors (Lipinski definition) is 4. The van der Waals surface area contributed by atoms with Crippen LogP contribution < -0.4 is 5.32 Å². The summed E-state index contributed by atoms with van der Waals surface area (Å²) < 4.78 is 32.2. The van der Waals surface area contributed by atoms with Crippen LogP contribution in [0.15, 0.2) is 21.6 Å². The first-order valence-corrected chi connectivity index (χ1v) is 9.31. The molecule has 0 spiro atoms. The molecule has 1 aliphatic rings. The van der Waals surface area contributed by atoms with Gasteiger partial charge in [-0.3, -0.25) is 0 Å². The highest BCUT2D eigenvalue weighted by atomic mass is 32.2. The Morgan fingerprint density at radius 2 is 2.10 bits per heavy atom. The molecule has 5 nitrogen and oxygen atoms in total. The Bertz CT molecular complexity index is 535. The van der Waals surface area contributed by atoms with E-state index in [0.29, 0.717) is 31.3 Å². The summed E-state index contributed by atoms with van der Waals surface area (Å²) >= 11 is 0. The lowest BCUT2D eigenvalue weighted by Crippen LogP contribution is -2.37. The standard InChI is InChI=1S/C15H26N2O3S/c1-3-10-16-11-14-8-9-15(20-14)21(18,19)17(4-2)12-13-6-5-7-13/h8-9,13,16H,3-7,10-12H2,1-2H3. The van der Waals surface area contributed by atoms with Crippen molar-refractivity contribution in [2.24, 2.45) is 5.92 Å². The van der Waals surface area contributed by atoms with Crippen LogP contribution in [-0.2, 0) is 16.6 Å². The second-order valence-corrected chi connectivity index (χ2v) is 7.52. The number of furan rings is 1. The third-order valence-corrected chi connectivity index (χ3v) is 5.81. The smallest absolute Gasteiger partial charge is 0.276 e. The van der Waals surface area contributed by atoms with E-state index in [1.807, 2.05) is 6.92 Å². The van der Waals surface area contributed by atoms with Crippen molar-refractivity contribution < 1.29 is 12.8 Å². The zero-order valence-corrected chi connectivity index (χ0v) is 13.8. The van der Waals surface area contributed by atoms with Gasteiger partial charge in [0.05, 0.1) is 6.54 Å². The second kappa shape index (κ2) is 7.42. The minimum Gasteiger partial charge on any atom is -0.447 e. The topological polar surface area (TPSA) is 62.6 Å². The fourth-order valence-electron chi connectivity index (χ4n) is 2.47. The minimum atomic E-state index is -3.49. The Labute approximate surface area is 127 Å². The number of hydrogen-bond donors (Lipinski definition) is 1. The van der Waals surface area contributed by atoms with E-state index in [1.54, 1.807) is 16.4 Å². The molecule has 0 atom stereocenters. The van der Waals surface area contributed by atoms with Crippen molar-refractivity contribution in [1.29, 1.82) is 0 Å². The molecule has 1 fully saturated rings. The van der Waals surface area contributed by atoms with Crippen molar-refractivity contribution in [1.82, 2.24) is 9.62 Å². The maximum Gasteiger partial charge on any atom is 0.276 e. The number of nitrogens with one attached hydrogen (secondary N) is 1. The molecule has 120 valence electrons. The van der Waals surface area contributed by atoms with Crippen molar-refractivity contribution in [3.63, 3.8) is 0 Å². The first kappa shape index (κ1) is 16.5. The van der Waals surface area contributed by atoms with Crippen LogP contribution in [0.1, 0.15) is 45.3 Å². The molecule has 0 aromatic carbocycles. The lowest BCUT2D eigenvalue weighted by molar-refractivity contribution is 0.246. The van der Waals surface area contributed by atoms with Gasteiger partial charge < -0.3 is 9.73 Å². The normalized spacial score (nSPS) is 16.3. The maximum atomic E-state index is 12.6. The van der Waals surface area contributed by atoms with E-state index in [2.05, 4.69) is 12.2 Å². The van der Waals surface area contributed by atoms with Gasteiger partial charge in [0.15, 0.2) is 0 Å². The van der Waals surface area contributed by atoms with Crippen molar-refractivity contribution >= 4 is 10.0 Å². The van der Waals surface area contributed by atoms with Crippen LogP contribution in [0, 0.1) is 5.92 Å². The predicted octanol–water partition coefficient (Wildman–Crippen LogP) is 2.59. The Hall–Kier alpha value is -0.850. The molecular formula is C15H26N2O3S. The average Bonchev–Trinajstić information content (AvgIpc) is 2.87. The fraction of sp³-hybridized carbons (Fsp3) is 0.733. The largest absolute Gasteiger partial charge is 0.447 e. The fourth-order valence-corrected chi connectivity index (χ4v) is 3.92. The second-order valence-electron chi connectivity index (χ2n) is 5.65. The van der Waals surface area contributed by atoms with Crippen molar-refractivity contribution in [3.8, 4) is 0 Å². The van der Waals surface area contributed by atoms with Gasteiger partial charge in [-0.05, 0) is 43.9 Å². The highest BCUT2D eigenvalue weighted by Gasteiger charge is 2.30. The van der Waals surface area contributed by atoms with Gasteiger partial charge in [0.1, 0.15) is 5.76 Å². The Morgan fingerprint density at radius 1 is 1.33 bits per heavy atom. The monoisotopic (exact) mass is 314 g/mol. The van der Waals surface area contributed by atoms with Gasteiger partial charge in [-0.15, -0.1) is 0 Å². The molecular weight excluding hydrogens is 288 g/mol. The number of rotatable bonds is 9. The van der Waals surface area contributed by atoms with Crippen molar-refractivity contribution in [2.75, 3.05) is 19.6 Å². The molecule has 6 heteroatoms. The van der Waals surface area contributed by atoms with Crippen LogP contribution >= 0.6 is 0 Å². The molecule has 1 N–H and O–H groups in total. The summed E-state index contributed by atoms with van der Waals surface area (Å²) in [5.74, 6) is 1.18. The zero-order valence-electron chi connectivity index (χ0n) is 13.0. The van der Waals surface area contributed by atoms with Gasteiger partial charge in [-0.1, -0.05) is 20.3 Å². The van der Waals surface area contributed by atoms with Crippen LogP contribution in [0.3, 0.4) is 0 Å². The van der Waals surface area contributed by atoms with Crippen LogP contribution in [0.5, 0.6) is 0 Å². The molecule has 1 heterocycles. The highest BCUT2D eigenvalue weighted by Crippen LogP contribution is 2.29. The minimum absolute atomic E-state index is 0.0666. The Kier molecular flexibility index (Phi) is 5.84. The van der Waals surface area contributed by atoms with Crippen LogP contribution in [0.4, 0.5) is 0 Å². The molecule has 1 saturated carbocycles. The first-order chi connectivity index (χ1) is 10.1. The summed E-state index contributed by atoms with van der Waals surface area (Å²) in [5, 5.41) is 3.27. The van der Waals surface area contributed by atoms with Gasteiger partial charge in [0, 0.05) is 13.1 Å². The van der Waals surface area contributed by atoms with Crippen LogP contribution in [-0.4, -0.2) is 32.4 Å². The third kappa shape index (κ3) is 4.08. The summed E-state index contributed by atoms with van der Waals surface area (Å²) in [6.07, 6.45) is 4.53. The first-order valence-electron chi connectivity index (χ1n) is 7.87. The molecule has 0 bridgehead atoms. The summed E-state index contributed by atoms with van der Waals surface area (Å²) in [5.41, 5.74) is 0. The molecule has 1 aromatic rings. The molecule has 0 radical (unpaired) electrons. The lowest BCUT2D eigenvalue weighted by Gasteiger charge is -2.30. The molecule has 2 rings (SSSR count). The van der Waals surface area contributed by atoms with Gasteiger partial charge in [0.25, 0.3) is 10.0 Å².